The van der Waals surface area contributed by atoms with E-state index in [0.717, 1.165) is 36.2 Å². The largest absolute Gasteiger partial charge is 0.389 e. The Morgan fingerprint density at radius 3 is 2.85 bits per heavy atom. The minimum atomic E-state index is -0.713. The van der Waals surface area contributed by atoms with Crippen molar-refractivity contribution in [2.75, 3.05) is 32.7 Å². The number of imidazole rings is 1. The van der Waals surface area contributed by atoms with Crippen molar-refractivity contribution >= 4 is 17.1 Å². The van der Waals surface area contributed by atoms with Crippen LogP contribution >= 0.6 is 0 Å². The number of aryl methyl sites for hydroxylation is 1. The number of β-amino-alcohol motifs (C(OH)–C–C–N with tert-alkyl or cyclic N) is 1. The number of aromatic nitrogens is 2. The van der Waals surface area contributed by atoms with Gasteiger partial charge in [0.25, 0.3) is 0 Å². The van der Waals surface area contributed by atoms with Crippen LogP contribution in [-0.4, -0.2) is 75.3 Å². The molecule has 2 aromatic rings. The Bertz CT molecular complexity index is 734. The Morgan fingerprint density at radius 2 is 2.15 bits per heavy atom. The third-order valence-electron chi connectivity index (χ3n) is 4.95. The molecule has 2 heterocycles. The summed E-state index contributed by atoms with van der Waals surface area (Å²) < 4.78 is 0. The highest BCUT2D eigenvalue weighted by Crippen LogP contribution is 2.14. The van der Waals surface area contributed by atoms with Crippen molar-refractivity contribution in [3.05, 3.63) is 30.1 Å². The van der Waals surface area contributed by atoms with Crippen molar-refractivity contribution in [3.63, 3.8) is 0 Å². The molecule has 1 saturated heterocycles. The number of para-hydroxylation sites is 2. The molecule has 1 aromatic carbocycles. The normalized spacial score (nSPS) is 18.8. The van der Waals surface area contributed by atoms with Gasteiger partial charge in [0, 0.05) is 45.2 Å². The molecule has 1 fully saturated rings. The number of nitrogens with one attached hydrogen (secondary N) is 2. The van der Waals surface area contributed by atoms with Crippen LogP contribution in [0, 0.1) is 0 Å². The van der Waals surface area contributed by atoms with E-state index in [1.54, 1.807) is 0 Å². The molecule has 1 atom stereocenters. The number of aromatic amines is 1. The molecule has 27 heavy (non-hydrogen) atoms. The maximum atomic E-state index is 12.4. The lowest BCUT2D eigenvalue weighted by Gasteiger charge is -2.41. The summed E-state index contributed by atoms with van der Waals surface area (Å²) in [5, 5.41) is 13.0. The summed E-state index contributed by atoms with van der Waals surface area (Å²) in [6.45, 7) is 9.17. The van der Waals surface area contributed by atoms with Gasteiger partial charge in [-0.3, -0.25) is 4.90 Å². The van der Waals surface area contributed by atoms with Gasteiger partial charge in [-0.25, -0.2) is 9.78 Å². The van der Waals surface area contributed by atoms with Crippen LogP contribution in [0.4, 0.5) is 4.79 Å². The maximum Gasteiger partial charge on any atom is 0.317 e. The fraction of sp³-hybridized carbons (Fsp3) is 0.600. The first-order chi connectivity index (χ1) is 12.8. The molecule has 0 spiro atoms. The molecule has 0 radical (unpaired) electrons. The van der Waals surface area contributed by atoms with Gasteiger partial charge in [-0.15, -0.1) is 0 Å². The highest BCUT2D eigenvalue weighted by molar-refractivity contribution is 5.75. The predicted molar refractivity (Wildman–Crippen MR) is 107 cm³/mol. The van der Waals surface area contributed by atoms with E-state index in [-0.39, 0.29) is 12.1 Å². The Hall–Kier alpha value is -2.12. The SMILES string of the molecule is CC1CN(C(=O)NCCCc2nc3ccccc3[nH]2)CCN1CC(C)(C)O. The van der Waals surface area contributed by atoms with Gasteiger partial charge in [0.2, 0.25) is 0 Å². The van der Waals surface area contributed by atoms with Gasteiger partial charge in [-0.2, -0.15) is 0 Å². The summed E-state index contributed by atoms with van der Waals surface area (Å²) in [5.74, 6) is 0.958. The summed E-state index contributed by atoms with van der Waals surface area (Å²) in [5.41, 5.74) is 1.32. The van der Waals surface area contributed by atoms with E-state index in [9.17, 15) is 9.90 Å². The van der Waals surface area contributed by atoms with E-state index >= 15 is 0 Å². The van der Waals surface area contributed by atoms with E-state index in [1.165, 1.54) is 0 Å². The number of aliphatic hydroxyl groups is 1. The number of carbonyl (C=O) groups is 1. The lowest BCUT2D eigenvalue weighted by molar-refractivity contribution is 0.00294. The number of fused-ring (bicyclic) bond motifs is 1. The summed E-state index contributed by atoms with van der Waals surface area (Å²) in [4.78, 5) is 24.4. The smallest absolute Gasteiger partial charge is 0.317 e. The number of piperazine rings is 1. The molecule has 0 saturated carbocycles. The number of rotatable bonds is 6. The third kappa shape index (κ3) is 5.43. The molecule has 0 bridgehead atoms. The Kier molecular flexibility index (Phi) is 6.01. The van der Waals surface area contributed by atoms with Crippen molar-refractivity contribution in [3.8, 4) is 0 Å². The molecule has 1 aliphatic heterocycles. The van der Waals surface area contributed by atoms with Crippen LogP contribution in [0.15, 0.2) is 24.3 Å². The first-order valence-electron chi connectivity index (χ1n) is 9.75. The summed E-state index contributed by atoms with van der Waals surface area (Å²) in [6, 6.07) is 8.23. The molecule has 7 heteroatoms. The lowest BCUT2D eigenvalue weighted by atomic mass is 10.1. The Balaban J connectivity index is 1.39. The van der Waals surface area contributed by atoms with Crippen LogP contribution in [-0.2, 0) is 6.42 Å². The van der Waals surface area contributed by atoms with Crippen LogP contribution in [0.5, 0.6) is 0 Å². The molecule has 148 valence electrons. The second-order valence-electron chi connectivity index (χ2n) is 8.11. The molecule has 1 unspecified atom stereocenters. The van der Waals surface area contributed by atoms with Crippen LogP contribution in [0.3, 0.4) is 0 Å². The first kappa shape index (κ1) is 19.6. The zero-order chi connectivity index (χ0) is 19.4. The van der Waals surface area contributed by atoms with Crippen molar-refractivity contribution in [2.45, 2.75) is 45.3 Å². The molecular formula is C20H31N5O2. The summed E-state index contributed by atoms with van der Waals surface area (Å²) >= 11 is 0. The lowest BCUT2D eigenvalue weighted by Crippen LogP contribution is -2.58. The molecular weight excluding hydrogens is 342 g/mol. The number of hydrogen-bond acceptors (Lipinski definition) is 4. The Morgan fingerprint density at radius 1 is 1.37 bits per heavy atom. The molecule has 3 rings (SSSR count). The molecule has 2 amide bonds. The number of hydrogen-bond donors (Lipinski definition) is 3. The van der Waals surface area contributed by atoms with Gasteiger partial charge in [0.15, 0.2) is 0 Å². The highest BCUT2D eigenvalue weighted by atomic mass is 16.3. The van der Waals surface area contributed by atoms with E-state index in [0.29, 0.717) is 26.2 Å². The average Bonchev–Trinajstić information content (AvgIpc) is 3.02. The molecule has 0 aliphatic carbocycles. The third-order valence-corrected chi connectivity index (χ3v) is 4.95. The van der Waals surface area contributed by atoms with Crippen molar-refractivity contribution in [1.82, 2.24) is 25.1 Å². The van der Waals surface area contributed by atoms with Crippen LogP contribution in [0.1, 0.15) is 33.0 Å². The fourth-order valence-corrected chi connectivity index (χ4v) is 3.60. The topological polar surface area (TPSA) is 84.5 Å². The van der Waals surface area contributed by atoms with E-state index in [1.807, 2.05) is 43.0 Å². The van der Waals surface area contributed by atoms with Crippen LogP contribution < -0.4 is 5.32 Å². The number of urea groups is 1. The number of H-pyrrole nitrogens is 1. The Labute approximate surface area is 160 Å². The second kappa shape index (κ2) is 8.27. The monoisotopic (exact) mass is 373 g/mol. The number of carbonyl (C=O) groups excluding carboxylic acids is 1. The zero-order valence-corrected chi connectivity index (χ0v) is 16.5. The number of amides is 2. The van der Waals surface area contributed by atoms with Gasteiger partial charge in [0.1, 0.15) is 5.82 Å². The molecule has 7 nitrogen and oxygen atoms in total. The van der Waals surface area contributed by atoms with Crippen molar-refractivity contribution < 1.29 is 9.90 Å². The zero-order valence-electron chi connectivity index (χ0n) is 16.5. The second-order valence-corrected chi connectivity index (χ2v) is 8.11. The van der Waals surface area contributed by atoms with Crippen LogP contribution in [0.25, 0.3) is 11.0 Å². The van der Waals surface area contributed by atoms with Gasteiger partial charge < -0.3 is 20.3 Å². The van der Waals surface area contributed by atoms with E-state index in [2.05, 4.69) is 27.1 Å². The standard InChI is InChI=1S/C20H31N5O2/c1-15-13-24(11-12-25(15)14-20(2,3)27)19(26)21-10-6-9-18-22-16-7-4-5-8-17(16)23-18/h4-5,7-8,15,27H,6,9-14H2,1-3H3,(H,21,26)(H,22,23). The first-order valence-corrected chi connectivity index (χ1v) is 9.75. The van der Waals surface area contributed by atoms with Crippen molar-refractivity contribution in [1.29, 1.82) is 0 Å². The van der Waals surface area contributed by atoms with E-state index in [4.69, 9.17) is 0 Å². The van der Waals surface area contributed by atoms with Gasteiger partial charge in [0.05, 0.1) is 16.6 Å². The molecule has 3 N–H and O–H groups in total. The minimum Gasteiger partial charge on any atom is -0.389 e. The molecule has 1 aliphatic rings. The fourth-order valence-electron chi connectivity index (χ4n) is 3.60. The summed E-state index contributed by atoms with van der Waals surface area (Å²) in [7, 11) is 0. The maximum absolute atomic E-state index is 12.4. The van der Waals surface area contributed by atoms with Gasteiger partial charge in [-0.1, -0.05) is 12.1 Å². The number of nitrogens with zero attached hydrogens (tertiary/aromatic N) is 3. The van der Waals surface area contributed by atoms with Crippen molar-refractivity contribution in [2.24, 2.45) is 0 Å². The molecule has 1 aromatic heterocycles. The highest BCUT2D eigenvalue weighted by Gasteiger charge is 2.29. The predicted octanol–water partition coefficient (Wildman–Crippen LogP) is 1.98. The van der Waals surface area contributed by atoms with Crippen LogP contribution in [0.2, 0.25) is 0 Å². The quantitative estimate of drug-likeness (QED) is 0.676. The van der Waals surface area contributed by atoms with E-state index < -0.39 is 5.60 Å². The van der Waals surface area contributed by atoms with Gasteiger partial charge >= 0.3 is 6.03 Å². The average molecular weight is 374 g/mol. The van der Waals surface area contributed by atoms with Gasteiger partial charge in [-0.05, 0) is 39.3 Å². The summed E-state index contributed by atoms with van der Waals surface area (Å²) in [6.07, 6.45) is 1.66. The number of benzene rings is 1. The minimum absolute atomic E-state index is 0.00522.